The molecule has 0 aliphatic rings. The van der Waals surface area contributed by atoms with Crippen molar-refractivity contribution in [2.75, 3.05) is 6.54 Å². The first-order valence-electron chi connectivity index (χ1n) is 7.00. The van der Waals surface area contributed by atoms with Crippen molar-refractivity contribution < 1.29 is 0 Å². The number of imidazole rings is 1. The van der Waals surface area contributed by atoms with Crippen molar-refractivity contribution in [1.82, 2.24) is 14.9 Å². The maximum Gasteiger partial charge on any atom is 0.125 e. The highest BCUT2D eigenvalue weighted by Crippen LogP contribution is 2.18. The Hall–Kier alpha value is -0.830. The van der Waals surface area contributed by atoms with E-state index >= 15 is 0 Å². The number of rotatable bonds is 9. The smallest absolute Gasteiger partial charge is 0.125 e. The third-order valence-corrected chi connectivity index (χ3v) is 3.16. The minimum atomic E-state index is 0.423. The van der Waals surface area contributed by atoms with E-state index in [4.69, 9.17) is 0 Å². The van der Waals surface area contributed by atoms with Crippen LogP contribution in [0.2, 0.25) is 0 Å². The number of unbranched alkanes of at least 4 members (excludes halogenated alkanes) is 3. The van der Waals surface area contributed by atoms with Gasteiger partial charge in [0, 0.05) is 19.4 Å². The molecule has 0 spiro atoms. The Morgan fingerprint density at radius 2 is 2.06 bits per heavy atom. The van der Waals surface area contributed by atoms with Gasteiger partial charge in [0.05, 0.1) is 6.04 Å². The first-order valence-corrected chi connectivity index (χ1v) is 7.00. The van der Waals surface area contributed by atoms with E-state index in [2.05, 4.69) is 35.8 Å². The van der Waals surface area contributed by atoms with E-state index in [1.807, 2.05) is 12.4 Å². The fourth-order valence-corrected chi connectivity index (χ4v) is 2.13. The Morgan fingerprint density at radius 1 is 1.24 bits per heavy atom. The van der Waals surface area contributed by atoms with Crippen LogP contribution in [0.5, 0.6) is 0 Å². The molecule has 0 saturated heterocycles. The summed E-state index contributed by atoms with van der Waals surface area (Å²) in [5.74, 6) is 1.18. The van der Waals surface area contributed by atoms with Gasteiger partial charge in [0.15, 0.2) is 0 Å². The SMILES string of the molecule is CCCCCCC(NCCC)c1nccn1C. The van der Waals surface area contributed by atoms with Crippen molar-refractivity contribution in [3.8, 4) is 0 Å². The van der Waals surface area contributed by atoms with E-state index in [1.54, 1.807) is 0 Å². The Kier molecular flexibility index (Phi) is 6.94. The summed E-state index contributed by atoms with van der Waals surface area (Å²) in [5, 5.41) is 3.61. The quantitative estimate of drug-likeness (QED) is 0.667. The standard InChI is InChI=1S/C14H27N3/c1-4-6-7-8-9-13(15-10-5-2)14-16-11-12-17(14)3/h11-13,15H,4-10H2,1-3H3. The van der Waals surface area contributed by atoms with Crippen molar-refractivity contribution in [3.05, 3.63) is 18.2 Å². The van der Waals surface area contributed by atoms with Crippen LogP contribution >= 0.6 is 0 Å². The Bertz CT molecular complexity index is 293. The second-order valence-corrected chi connectivity index (χ2v) is 4.75. The molecule has 0 bridgehead atoms. The van der Waals surface area contributed by atoms with Crippen LogP contribution < -0.4 is 5.32 Å². The van der Waals surface area contributed by atoms with E-state index < -0.39 is 0 Å². The van der Waals surface area contributed by atoms with Gasteiger partial charge in [0.25, 0.3) is 0 Å². The highest BCUT2D eigenvalue weighted by molar-refractivity contribution is 4.98. The van der Waals surface area contributed by atoms with Crippen molar-refractivity contribution >= 4 is 0 Å². The molecule has 0 amide bonds. The minimum Gasteiger partial charge on any atom is -0.337 e. The number of aryl methyl sites for hydroxylation is 1. The highest BCUT2D eigenvalue weighted by Gasteiger charge is 2.14. The lowest BCUT2D eigenvalue weighted by atomic mass is 10.1. The van der Waals surface area contributed by atoms with Crippen LogP contribution in [0.4, 0.5) is 0 Å². The maximum absolute atomic E-state index is 4.47. The van der Waals surface area contributed by atoms with Gasteiger partial charge in [-0.05, 0) is 19.4 Å². The number of nitrogens with one attached hydrogen (secondary N) is 1. The van der Waals surface area contributed by atoms with Crippen molar-refractivity contribution in [3.63, 3.8) is 0 Å². The molecule has 1 N–H and O–H groups in total. The van der Waals surface area contributed by atoms with Gasteiger partial charge < -0.3 is 9.88 Å². The minimum absolute atomic E-state index is 0.423. The van der Waals surface area contributed by atoms with E-state index in [9.17, 15) is 0 Å². The van der Waals surface area contributed by atoms with Gasteiger partial charge in [-0.2, -0.15) is 0 Å². The third kappa shape index (κ3) is 4.90. The topological polar surface area (TPSA) is 29.9 Å². The number of hydrogen-bond donors (Lipinski definition) is 1. The van der Waals surface area contributed by atoms with Gasteiger partial charge in [-0.15, -0.1) is 0 Å². The molecule has 0 aromatic carbocycles. The van der Waals surface area contributed by atoms with Gasteiger partial charge in [0.1, 0.15) is 5.82 Å². The predicted octanol–water partition coefficient (Wildman–Crippen LogP) is 3.43. The molecule has 1 aromatic rings. The van der Waals surface area contributed by atoms with Crippen molar-refractivity contribution in [1.29, 1.82) is 0 Å². The number of hydrogen-bond acceptors (Lipinski definition) is 2. The lowest BCUT2D eigenvalue weighted by molar-refractivity contribution is 0.443. The van der Waals surface area contributed by atoms with Crippen LogP contribution in [0, 0.1) is 0 Å². The van der Waals surface area contributed by atoms with Crippen LogP contribution in [0.1, 0.15) is 64.2 Å². The first kappa shape index (κ1) is 14.2. The summed E-state index contributed by atoms with van der Waals surface area (Å²) in [6, 6.07) is 0.423. The second kappa shape index (κ2) is 8.29. The highest BCUT2D eigenvalue weighted by atomic mass is 15.1. The van der Waals surface area contributed by atoms with Crippen LogP contribution in [0.25, 0.3) is 0 Å². The van der Waals surface area contributed by atoms with Gasteiger partial charge in [-0.3, -0.25) is 0 Å². The summed E-state index contributed by atoms with van der Waals surface area (Å²) in [6.07, 6.45) is 11.6. The molecule has 0 fully saturated rings. The van der Waals surface area contributed by atoms with E-state index in [0.717, 1.165) is 6.54 Å². The summed E-state index contributed by atoms with van der Waals surface area (Å²) in [5.41, 5.74) is 0. The van der Waals surface area contributed by atoms with E-state index in [-0.39, 0.29) is 0 Å². The molecule has 1 heterocycles. The molecule has 1 unspecified atom stereocenters. The molecule has 0 aliphatic carbocycles. The molecule has 1 atom stereocenters. The summed E-state index contributed by atoms with van der Waals surface area (Å²) < 4.78 is 2.13. The zero-order valence-electron chi connectivity index (χ0n) is 11.6. The molecule has 17 heavy (non-hydrogen) atoms. The molecule has 98 valence electrons. The van der Waals surface area contributed by atoms with Crippen LogP contribution in [0.3, 0.4) is 0 Å². The van der Waals surface area contributed by atoms with Gasteiger partial charge in [-0.25, -0.2) is 4.98 Å². The summed E-state index contributed by atoms with van der Waals surface area (Å²) in [7, 11) is 2.08. The molecule has 1 aromatic heterocycles. The van der Waals surface area contributed by atoms with E-state index in [1.165, 1.54) is 44.3 Å². The zero-order valence-corrected chi connectivity index (χ0v) is 11.6. The molecule has 0 saturated carbocycles. The summed E-state index contributed by atoms with van der Waals surface area (Å²) >= 11 is 0. The summed E-state index contributed by atoms with van der Waals surface area (Å²) in [6.45, 7) is 5.54. The largest absolute Gasteiger partial charge is 0.337 e. The third-order valence-electron chi connectivity index (χ3n) is 3.16. The lowest BCUT2D eigenvalue weighted by Crippen LogP contribution is -2.24. The Balaban J connectivity index is 2.46. The second-order valence-electron chi connectivity index (χ2n) is 4.75. The van der Waals surface area contributed by atoms with Gasteiger partial charge in [-0.1, -0.05) is 39.5 Å². The molecule has 1 rings (SSSR count). The molecule has 0 aliphatic heterocycles. The predicted molar refractivity (Wildman–Crippen MR) is 73.0 cm³/mol. The molecule has 3 nitrogen and oxygen atoms in total. The Morgan fingerprint density at radius 3 is 2.65 bits per heavy atom. The van der Waals surface area contributed by atoms with Crippen LogP contribution in [-0.4, -0.2) is 16.1 Å². The molecular weight excluding hydrogens is 210 g/mol. The molecule has 0 radical (unpaired) electrons. The number of aromatic nitrogens is 2. The molecule has 3 heteroatoms. The van der Waals surface area contributed by atoms with Crippen molar-refractivity contribution in [2.45, 2.75) is 58.4 Å². The summed E-state index contributed by atoms with van der Waals surface area (Å²) in [4.78, 5) is 4.47. The monoisotopic (exact) mass is 237 g/mol. The maximum atomic E-state index is 4.47. The fourth-order valence-electron chi connectivity index (χ4n) is 2.13. The van der Waals surface area contributed by atoms with Crippen molar-refractivity contribution in [2.24, 2.45) is 7.05 Å². The van der Waals surface area contributed by atoms with E-state index in [0.29, 0.717) is 6.04 Å². The molecular formula is C14H27N3. The Labute approximate surface area is 106 Å². The van der Waals surface area contributed by atoms with Gasteiger partial charge in [0.2, 0.25) is 0 Å². The average molecular weight is 237 g/mol. The van der Waals surface area contributed by atoms with Crippen LogP contribution in [-0.2, 0) is 7.05 Å². The first-order chi connectivity index (χ1) is 8.29. The normalized spacial score (nSPS) is 12.9. The van der Waals surface area contributed by atoms with Gasteiger partial charge >= 0.3 is 0 Å². The zero-order chi connectivity index (χ0) is 12.5. The fraction of sp³-hybridized carbons (Fsp3) is 0.786. The number of nitrogens with zero attached hydrogens (tertiary/aromatic N) is 2. The average Bonchev–Trinajstić information content (AvgIpc) is 2.75. The van der Waals surface area contributed by atoms with Crippen LogP contribution in [0.15, 0.2) is 12.4 Å². The lowest BCUT2D eigenvalue weighted by Gasteiger charge is -2.18.